The van der Waals surface area contributed by atoms with Crippen molar-refractivity contribution in [2.45, 2.75) is 6.42 Å². The minimum Gasteiger partial charge on any atom is -0.497 e. The summed E-state index contributed by atoms with van der Waals surface area (Å²) in [5.41, 5.74) is 1.99. The molecule has 0 amide bonds. The van der Waals surface area contributed by atoms with Crippen molar-refractivity contribution in [3.63, 3.8) is 0 Å². The smallest absolute Gasteiger partial charge is 0.167 e. The zero-order chi connectivity index (χ0) is 11.7. The van der Waals surface area contributed by atoms with E-state index >= 15 is 0 Å². The van der Waals surface area contributed by atoms with Gasteiger partial charge in [0.15, 0.2) is 5.78 Å². The molecular weight excluding hydrogens is 238 g/mol. The lowest BCUT2D eigenvalue weighted by Gasteiger charge is -2.13. The number of benzene rings is 1. The molecule has 4 heteroatoms. The first-order valence-corrected chi connectivity index (χ1v) is 5.47. The molecule has 1 aromatic rings. The molecule has 0 radical (unpaired) electrons. The van der Waals surface area contributed by atoms with Crippen LogP contribution in [0.15, 0.2) is 18.2 Å². The Labute approximate surface area is 108 Å². The van der Waals surface area contributed by atoms with Gasteiger partial charge in [-0.15, -0.1) is 12.4 Å². The van der Waals surface area contributed by atoms with Crippen LogP contribution in [0.3, 0.4) is 0 Å². The number of carbonyl (C=O) groups is 1. The maximum atomic E-state index is 12.1. The highest BCUT2D eigenvalue weighted by Gasteiger charge is 2.30. The lowest BCUT2D eigenvalue weighted by atomic mass is 10.1. The topological polar surface area (TPSA) is 29.5 Å². The highest BCUT2D eigenvalue weighted by atomic mass is 35.5. The summed E-state index contributed by atoms with van der Waals surface area (Å²) in [6.07, 6.45) is 0.837. The van der Waals surface area contributed by atoms with E-state index in [2.05, 4.69) is 4.90 Å². The van der Waals surface area contributed by atoms with Crippen molar-refractivity contribution in [1.29, 1.82) is 0 Å². The van der Waals surface area contributed by atoms with Crippen molar-refractivity contribution < 1.29 is 9.53 Å². The third-order valence-electron chi connectivity index (χ3n) is 3.00. The monoisotopic (exact) mass is 255 g/mol. The predicted molar refractivity (Wildman–Crippen MR) is 70.3 cm³/mol. The number of fused-ring (bicyclic) bond motifs is 1. The number of methoxy groups -OCH3 is 1. The number of carbonyl (C=O) groups excluding carboxylic acids is 1. The predicted octanol–water partition coefficient (Wildman–Crippen LogP) is 2.03. The molecule has 0 aliphatic heterocycles. The van der Waals surface area contributed by atoms with Crippen molar-refractivity contribution in [1.82, 2.24) is 4.90 Å². The van der Waals surface area contributed by atoms with Crippen LogP contribution in [-0.4, -0.2) is 38.4 Å². The first kappa shape index (κ1) is 14.0. The van der Waals surface area contributed by atoms with E-state index in [1.807, 2.05) is 32.3 Å². The molecular formula is C13H18ClNO2. The Morgan fingerprint density at radius 3 is 2.71 bits per heavy atom. The van der Waals surface area contributed by atoms with Gasteiger partial charge in [0.25, 0.3) is 0 Å². The highest BCUT2D eigenvalue weighted by molar-refractivity contribution is 6.02. The number of hydrogen-bond acceptors (Lipinski definition) is 3. The zero-order valence-corrected chi connectivity index (χ0v) is 11.2. The van der Waals surface area contributed by atoms with Gasteiger partial charge < -0.3 is 9.64 Å². The van der Waals surface area contributed by atoms with Crippen LogP contribution >= 0.6 is 12.4 Å². The number of ketones is 1. The van der Waals surface area contributed by atoms with Crippen LogP contribution in [0, 0.1) is 5.92 Å². The minimum atomic E-state index is 0. The summed E-state index contributed by atoms with van der Waals surface area (Å²) in [5, 5.41) is 0. The zero-order valence-electron chi connectivity index (χ0n) is 10.4. The first-order chi connectivity index (χ1) is 7.61. The molecule has 2 rings (SSSR count). The molecule has 3 nitrogen and oxygen atoms in total. The second-order valence-electron chi connectivity index (χ2n) is 4.55. The van der Waals surface area contributed by atoms with Gasteiger partial charge in [0.05, 0.1) is 7.11 Å². The van der Waals surface area contributed by atoms with Gasteiger partial charge in [-0.2, -0.15) is 0 Å². The summed E-state index contributed by atoms with van der Waals surface area (Å²) in [7, 11) is 5.64. The van der Waals surface area contributed by atoms with Crippen LogP contribution in [0.5, 0.6) is 5.75 Å². The molecule has 0 N–H and O–H groups in total. The van der Waals surface area contributed by atoms with Gasteiger partial charge >= 0.3 is 0 Å². The number of halogens is 1. The van der Waals surface area contributed by atoms with Crippen LogP contribution in [0.25, 0.3) is 0 Å². The van der Waals surface area contributed by atoms with Crippen molar-refractivity contribution in [3.05, 3.63) is 29.3 Å². The molecule has 1 aliphatic rings. The van der Waals surface area contributed by atoms with Gasteiger partial charge in [-0.1, -0.05) is 0 Å². The Kier molecular flexibility index (Phi) is 4.54. The van der Waals surface area contributed by atoms with E-state index in [1.165, 1.54) is 0 Å². The van der Waals surface area contributed by atoms with Crippen LogP contribution in [0.1, 0.15) is 15.9 Å². The molecule has 1 atom stereocenters. The summed E-state index contributed by atoms with van der Waals surface area (Å²) in [5.74, 6) is 1.21. The average molecular weight is 256 g/mol. The summed E-state index contributed by atoms with van der Waals surface area (Å²) >= 11 is 0. The highest BCUT2D eigenvalue weighted by Crippen LogP contribution is 2.30. The molecule has 94 valence electrons. The van der Waals surface area contributed by atoms with Crippen LogP contribution in [0.4, 0.5) is 0 Å². The van der Waals surface area contributed by atoms with Crippen LogP contribution in [-0.2, 0) is 6.42 Å². The summed E-state index contributed by atoms with van der Waals surface area (Å²) in [6.45, 7) is 0.815. The van der Waals surface area contributed by atoms with E-state index < -0.39 is 0 Å². The number of hydrogen-bond donors (Lipinski definition) is 0. The average Bonchev–Trinajstić information content (AvgIpc) is 2.54. The van der Waals surface area contributed by atoms with E-state index in [-0.39, 0.29) is 24.1 Å². The Morgan fingerprint density at radius 2 is 2.12 bits per heavy atom. The van der Waals surface area contributed by atoms with Crippen molar-refractivity contribution in [2.24, 2.45) is 5.92 Å². The van der Waals surface area contributed by atoms with Gasteiger partial charge in [-0.25, -0.2) is 0 Å². The fourth-order valence-electron chi connectivity index (χ4n) is 2.27. The maximum absolute atomic E-state index is 12.1. The van der Waals surface area contributed by atoms with Crippen molar-refractivity contribution >= 4 is 18.2 Å². The van der Waals surface area contributed by atoms with Gasteiger partial charge in [-0.3, -0.25) is 4.79 Å². The molecule has 1 unspecified atom stereocenters. The molecule has 1 aliphatic carbocycles. The molecule has 0 fully saturated rings. The maximum Gasteiger partial charge on any atom is 0.167 e. The fourth-order valence-corrected chi connectivity index (χ4v) is 2.27. The number of nitrogens with zero attached hydrogens (tertiary/aromatic N) is 1. The van der Waals surface area contributed by atoms with E-state index in [4.69, 9.17) is 4.74 Å². The molecule has 17 heavy (non-hydrogen) atoms. The van der Waals surface area contributed by atoms with Crippen molar-refractivity contribution in [2.75, 3.05) is 27.7 Å². The van der Waals surface area contributed by atoms with Gasteiger partial charge in [0.2, 0.25) is 0 Å². The standard InChI is InChI=1S/C13H17NO2.ClH/c1-14(2)8-10-6-9-7-11(16-3)4-5-12(9)13(10)15;/h4-5,7,10H,6,8H2,1-3H3;1H. The van der Waals surface area contributed by atoms with Gasteiger partial charge in [0.1, 0.15) is 5.75 Å². The number of Topliss-reactive ketones (excluding diaryl/α,β-unsaturated/α-hetero) is 1. The fraction of sp³-hybridized carbons (Fsp3) is 0.462. The van der Waals surface area contributed by atoms with Gasteiger partial charge in [-0.05, 0) is 44.3 Å². The third kappa shape index (κ3) is 2.79. The molecule has 1 aromatic carbocycles. The van der Waals surface area contributed by atoms with E-state index in [1.54, 1.807) is 7.11 Å². The molecule has 0 saturated heterocycles. The summed E-state index contributed by atoms with van der Waals surface area (Å²) in [6, 6.07) is 5.71. The summed E-state index contributed by atoms with van der Waals surface area (Å²) < 4.78 is 5.17. The Morgan fingerprint density at radius 1 is 1.41 bits per heavy atom. The second-order valence-corrected chi connectivity index (χ2v) is 4.55. The largest absolute Gasteiger partial charge is 0.497 e. The quantitative estimate of drug-likeness (QED) is 0.828. The Bertz CT molecular complexity index is 418. The third-order valence-corrected chi connectivity index (χ3v) is 3.00. The number of rotatable bonds is 3. The molecule has 0 spiro atoms. The van der Waals surface area contributed by atoms with E-state index in [0.29, 0.717) is 0 Å². The molecule has 0 bridgehead atoms. The Hall–Kier alpha value is -1.06. The van der Waals surface area contributed by atoms with Gasteiger partial charge in [0, 0.05) is 18.0 Å². The molecule has 0 heterocycles. The molecule has 0 saturated carbocycles. The normalized spacial score (nSPS) is 17.9. The Balaban J connectivity index is 0.00000144. The minimum absolute atomic E-state index is 0. The second kappa shape index (κ2) is 5.52. The van der Waals surface area contributed by atoms with Crippen molar-refractivity contribution in [3.8, 4) is 5.75 Å². The lowest BCUT2D eigenvalue weighted by molar-refractivity contribution is 0.0916. The summed E-state index contributed by atoms with van der Waals surface area (Å²) in [4.78, 5) is 14.1. The van der Waals surface area contributed by atoms with E-state index in [9.17, 15) is 4.79 Å². The molecule has 0 aromatic heterocycles. The number of ether oxygens (including phenoxy) is 1. The van der Waals surface area contributed by atoms with E-state index in [0.717, 1.165) is 29.8 Å². The van der Waals surface area contributed by atoms with Crippen LogP contribution < -0.4 is 4.74 Å². The first-order valence-electron chi connectivity index (χ1n) is 5.47. The lowest BCUT2D eigenvalue weighted by Crippen LogP contribution is -2.25. The SMILES string of the molecule is COc1ccc2c(c1)CC(CN(C)C)C2=O.Cl. The van der Waals surface area contributed by atoms with Crippen LogP contribution in [0.2, 0.25) is 0 Å².